The lowest BCUT2D eigenvalue weighted by Gasteiger charge is -2.26. The van der Waals surface area contributed by atoms with Gasteiger partial charge in [0.05, 0.1) is 18.6 Å². The van der Waals surface area contributed by atoms with Crippen LogP contribution in [0, 0.1) is 12.3 Å². The van der Waals surface area contributed by atoms with Crippen LogP contribution in [0.25, 0.3) is 11.2 Å². The molecule has 3 aromatic rings. The van der Waals surface area contributed by atoms with Gasteiger partial charge in [0.15, 0.2) is 28.8 Å². The molecular formula is C22H22N6O4. The van der Waals surface area contributed by atoms with Crippen LogP contribution in [0.5, 0.6) is 0 Å². The minimum absolute atomic E-state index is 0.214. The first-order chi connectivity index (χ1) is 16.1. The molecule has 10 nitrogen and oxygen atoms in total. The second-order valence-electron chi connectivity index (χ2n) is 7.81. The van der Waals surface area contributed by atoms with E-state index in [-0.39, 0.29) is 5.92 Å². The van der Waals surface area contributed by atoms with Gasteiger partial charge in [-0.2, -0.15) is 0 Å². The van der Waals surface area contributed by atoms with Crippen molar-refractivity contribution in [1.82, 2.24) is 19.5 Å². The number of hydrogen-bond acceptors (Lipinski definition) is 9. The number of nitrogens with zero attached hydrogens (tertiary/aromatic N) is 5. The molecule has 32 heavy (non-hydrogen) atoms. The Bertz CT molecular complexity index is 1270. The molecule has 2 unspecified atom stereocenters. The van der Waals surface area contributed by atoms with E-state index in [0.29, 0.717) is 23.5 Å². The second kappa shape index (κ2) is 7.96. The zero-order valence-electron chi connectivity index (χ0n) is 18.0. The number of benzene rings is 1. The number of terminal acetylenes is 1. The van der Waals surface area contributed by atoms with Crippen molar-refractivity contribution >= 4 is 28.9 Å². The fourth-order valence-electron chi connectivity index (χ4n) is 4.23. The van der Waals surface area contributed by atoms with E-state index in [2.05, 4.69) is 37.2 Å². The van der Waals surface area contributed by atoms with Crippen molar-refractivity contribution in [2.24, 2.45) is 4.99 Å². The molecule has 0 bridgehead atoms. The molecule has 1 aromatic carbocycles. The highest BCUT2D eigenvalue weighted by Crippen LogP contribution is 2.39. The minimum atomic E-state index is -2.11. The maximum atomic E-state index is 11.0. The van der Waals surface area contributed by atoms with Crippen molar-refractivity contribution in [1.29, 1.82) is 0 Å². The van der Waals surface area contributed by atoms with Crippen molar-refractivity contribution in [2.45, 2.75) is 36.4 Å². The van der Waals surface area contributed by atoms with Gasteiger partial charge in [0.1, 0.15) is 19.9 Å². The van der Waals surface area contributed by atoms with E-state index in [1.807, 2.05) is 30.8 Å². The molecule has 0 saturated carbocycles. The highest BCUT2D eigenvalue weighted by atomic mass is 16.6. The minimum Gasteiger partial charge on any atom is -0.394 e. The molecule has 0 amide bonds. The Balaban J connectivity index is 1.37. The van der Waals surface area contributed by atoms with Gasteiger partial charge in [-0.15, -0.1) is 6.40 Å². The molecule has 2 aliphatic heterocycles. The molecule has 0 aliphatic carbocycles. The average Bonchev–Trinajstić information content (AvgIpc) is 3.50. The summed E-state index contributed by atoms with van der Waals surface area (Å²) in [5, 5.41) is 34.2. The summed E-state index contributed by atoms with van der Waals surface area (Å²) in [7, 11) is 0. The number of hydrogen-bond donors (Lipinski definition) is 4. The molecule has 5 atom stereocenters. The van der Waals surface area contributed by atoms with Crippen LogP contribution in [0.1, 0.15) is 25.5 Å². The Hall–Kier alpha value is -3.36. The van der Waals surface area contributed by atoms with Crippen LogP contribution in [0.15, 0.2) is 41.9 Å². The number of aromatic nitrogens is 4. The summed E-state index contributed by atoms with van der Waals surface area (Å²) < 4.78 is 14.3. The normalized spacial score (nSPS) is 28.9. The first-order valence-corrected chi connectivity index (χ1v) is 10.2. The number of aliphatic imine (C=N–C) groups is 1. The summed E-state index contributed by atoms with van der Waals surface area (Å²) >= 11 is 0. The van der Waals surface area contributed by atoms with Crippen LogP contribution in [0.4, 0.5) is 11.5 Å². The maximum Gasteiger partial charge on any atom is 0.199 e. The van der Waals surface area contributed by atoms with Gasteiger partial charge in [-0.3, -0.25) is 9.56 Å². The first-order valence-electron chi connectivity index (χ1n) is 10.7. The van der Waals surface area contributed by atoms with Crippen LogP contribution in [-0.2, 0) is 4.74 Å². The molecular weight excluding hydrogens is 412 g/mol. The summed E-state index contributed by atoms with van der Waals surface area (Å²) in [5.74, 6) is 3.01. The Morgan fingerprint density at radius 2 is 2.19 bits per heavy atom. The van der Waals surface area contributed by atoms with Crippen molar-refractivity contribution in [2.75, 3.05) is 18.5 Å². The predicted molar refractivity (Wildman–Crippen MR) is 117 cm³/mol. The quantitative estimate of drug-likeness (QED) is 0.416. The highest BCUT2D eigenvalue weighted by molar-refractivity contribution is 5.83. The number of anilines is 1. The molecule has 0 spiro atoms. The van der Waals surface area contributed by atoms with Crippen LogP contribution in [0.3, 0.4) is 0 Å². The summed E-state index contributed by atoms with van der Waals surface area (Å²) in [4.78, 5) is 17.4. The van der Waals surface area contributed by atoms with Gasteiger partial charge in [-0.1, -0.05) is 24.1 Å². The Morgan fingerprint density at radius 3 is 3.03 bits per heavy atom. The number of imidazole rings is 1. The van der Waals surface area contributed by atoms with Crippen LogP contribution < -0.4 is 5.32 Å². The summed E-state index contributed by atoms with van der Waals surface area (Å²) in [6.07, 6.45) is 3.58. The molecule has 2 aromatic heterocycles. The van der Waals surface area contributed by atoms with Gasteiger partial charge in [-0.05, 0) is 18.1 Å². The molecule has 1 saturated heterocycles. The van der Waals surface area contributed by atoms with Gasteiger partial charge in [0.25, 0.3) is 0 Å². The molecule has 10 heteroatoms. The molecule has 0 radical (unpaired) electrons. The van der Waals surface area contributed by atoms with Gasteiger partial charge in [0.2, 0.25) is 0 Å². The van der Waals surface area contributed by atoms with Gasteiger partial charge < -0.3 is 25.4 Å². The molecule has 4 N–H and O–H groups in total. The van der Waals surface area contributed by atoms with E-state index >= 15 is 0 Å². The fraction of sp³-hybridized carbons (Fsp3) is 0.364. The molecule has 164 valence electrons. The van der Waals surface area contributed by atoms with Crippen molar-refractivity contribution in [3.05, 3.63) is 42.5 Å². The number of para-hydroxylation sites is 1. The van der Waals surface area contributed by atoms with E-state index in [9.17, 15) is 15.3 Å². The third-order valence-electron chi connectivity index (χ3n) is 5.95. The number of rotatable bonds is 6. The third-order valence-corrected chi connectivity index (χ3v) is 5.95. The van der Waals surface area contributed by atoms with Gasteiger partial charge in [-0.25, -0.2) is 15.0 Å². The largest absolute Gasteiger partial charge is 0.394 e. The Morgan fingerprint density at radius 1 is 1.31 bits per heavy atom. The maximum absolute atomic E-state index is 11.0. The second-order valence-corrected chi connectivity index (χ2v) is 7.81. The van der Waals surface area contributed by atoms with Crippen molar-refractivity contribution in [3.8, 4) is 12.3 Å². The van der Waals surface area contributed by atoms with E-state index in [1.54, 1.807) is 0 Å². The lowest BCUT2D eigenvalue weighted by Crippen LogP contribution is -2.45. The number of nitrogens with one attached hydrogen (secondary N) is 1. The molecule has 2 aliphatic rings. The molecule has 4 heterocycles. The number of aliphatic hydroxyl groups is 3. The van der Waals surface area contributed by atoms with E-state index in [1.165, 1.54) is 22.8 Å². The lowest BCUT2D eigenvalue weighted by atomic mass is 9.95. The monoisotopic (exact) mass is 435 g/mol. The Labute approximate surface area is 185 Å². The molecule has 5 rings (SSSR count). The summed E-state index contributed by atoms with van der Waals surface area (Å²) in [5.41, 5.74) is 0.873. The van der Waals surface area contributed by atoms with Crippen molar-refractivity contribution < 1.29 is 21.4 Å². The van der Waals surface area contributed by atoms with E-state index < -0.39 is 30.6 Å². The lowest BCUT2D eigenvalue weighted by molar-refractivity contribution is -0.0721. The zero-order chi connectivity index (χ0) is 23.0. The summed E-state index contributed by atoms with van der Waals surface area (Å²) in [6.45, 7) is 0.0884. The number of ether oxygens (including phenoxy) is 1. The fourth-order valence-corrected chi connectivity index (χ4v) is 4.23. The Kier molecular flexibility index (Phi) is 4.81. The van der Waals surface area contributed by atoms with Gasteiger partial charge in [0, 0.05) is 18.7 Å². The molecule has 1 fully saturated rings. The standard InChI is InChI=1S/C22H22N6O4/c1-2-22(31)18(30)16(10-29)32-21(22)28-12-27-17-19(25-11-26-20(17)28)23-8-7-13-9-24-15-6-4-3-5-14(13)15/h1,3-6,9,11-13,16,18,21,29-31H,7-8,10H2,(H,23,25,26)/t13?,16-,18-,21?,22-/m1/s1/i1D. The topological polar surface area (TPSA) is 138 Å². The van der Waals surface area contributed by atoms with E-state index in [0.717, 1.165) is 12.1 Å². The van der Waals surface area contributed by atoms with Crippen LogP contribution in [-0.4, -0.2) is 72.0 Å². The highest BCUT2D eigenvalue weighted by Gasteiger charge is 2.55. The SMILES string of the molecule is [2H]C#C[C@]1(O)C(n2cnc3c(NCCC4C=Nc5ccccc54)ncnc32)O[C@H](CO)[C@H]1O. The average molecular weight is 435 g/mol. The number of fused-ring (bicyclic) bond motifs is 2. The predicted octanol–water partition coefficient (Wildman–Crippen LogP) is 0.743. The zero-order valence-corrected chi connectivity index (χ0v) is 17.0. The van der Waals surface area contributed by atoms with Crippen LogP contribution in [0.2, 0.25) is 0 Å². The third kappa shape index (κ3) is 3.14. The van der Waals surface area contributed by atoms with Gasteiger partial charge >= 0.3 is 0 Å². The first kappa shape index (κ1) is 19.3. The smallest absolute Gasteiger partial charge is 0.199 e. The number of aliphatic hydroxyl groups excluding tert-OH is 2. The van der Waals surface area contributed by atoms with E-state index in [4.69, 9.17) is 6.11 Å². The van der Waals surface area contributed by atoms with Crippen LogP contribution >= 0.6 is 0 Å². The summed E-state index contributed by atoms with van der Waals surface area (Å²) in [6, 6.07) is 8.05. The van der Waals surface area contributed by atoms with Crippen molar-refractivity contribution in [3.63, 3.8) is 0 Å².